The highest BCUT2D eigenvalue weighted by molar-refractivity contribution is 6.06. The summed E-state index contributed by atoms with van der Waals surface area (Å²) in [5.74, 6) is -2.36. The van der Waals surface area contributed by atoms with Crippen molar-refractivity contribution in [3.63, 3.8) is 0 Å². The molecule has 3 aliphatic rings. The summed E-state index contributed by atoms with van der Waals surface area (Å²) in [5.41, 5.74) is 0.176. The van der Waals surface area contributed by atoms with E-state index in [4.69, 9.17) is 4.74 Å². The topological polar surface area (TPSA) is 90.4 Å². The van der Waals surface area contributed by atoms with Crippen LogP contribution in [0.25, 0.3) is 10.8 Å². The maximum Gasteiger partial charge on any atom is 0.253 e. The average Bonchev–Trinajstić information content (AvgIpc) is 3.71. The van der Waals surface area contributed by atoms with Gasteiger partial charge in [-0.25, -0.2) is 0 Å². The van der Waals surface area contributed by atoms with E-state index in [2.05, 4.69) is 13.2 Å². The van der Waals surface area contributed by atoms with E-state index >= 15 is 4.79 Å². The number of anilines is 1. The van der Waals surface area contributed by atoms with Crippen molar-refractivity contribution in [2.24, 2.45) is 11.8 Å². The van der Waals surface area contributed by atoms with Gasteiger partial charge in [0, 0.05) is 25.3 Å². The SMILES string of the molecule is C=CCN(CCC)C(=O)[C@@H]1[C@H]2C(=O)N([C@H](CO)c3ccccc3)C(C(=O)N(CC=C)c3ccc4ccccc4c3)C23CC[C@H]1O3. The molecule has 3 aromatic rings. The minimum Gasteiger partial charge on any atom is -0.394 e. The number of benzene rings is 3. The van der Waals surface area contributed by atoms with Gasteiger partial charge in [-0.2, -0.15) is 0 Å². The first-order valence-electron chi connectivity index (χ1n) is 15.9. The molecular weight excluding hydrogens is 566 g/mol. The number of aliphatic hydroxyl groups excluding tert-OH is 1. The Morgan fingerprint density at radius 2 is 1.73 bits per heavy atom. The fourth-order valence-corrected chi connectivity index (χ4v) is 7.89. The summed E-state index contributed by atoms with van der Waals surface area (Å²) in [7, 11) is 0. The minimum absolute atomic E-state index is 0.146. The van der Waals surface area contributed by atoms with Crippen molar-refractivity contribution >= 4 is 34.2 Å². The van der Waals surface area contributed by atoms with Crippen LogP contribution in [-0.4, -0.2) is 76.6 Å². The lowest BCUT2D eigenvalue weighted by Gasteiger charge is -2.39. The molecular formula is C37H41N3O5. The van der Waals surface area contributed by atoms with Crippen LogP contribution >= 0.6 is 0 Å². The van der Waals surface area contributed by atoms with E-state index in [9.17, 15) is 14.7 Å². The van der Waals surface area contributed by atoms with E-state index in [1.54, 1.807) is 22.0 Å². The number of ether oxygens (including phenoxy) is 1. The highest BCUT2D eigenvalue weighted by Crippen LogP contribution is 2.60. The predicted octanol–water partition coefficient (Wildman–Crippen LogP) is 4.89. The van der Waals surface area contributed by atoms with Crippen LogP contribution in [0, 0.1) is 11.8 Å². The second kappa shape index (κ2) is 12.6. The average molecular weight is 608 g/mol. The lowest BCUT2D eigenvalue weighted by Crippen LogP contribution is -2.57. The van der Waals surface area contributed by atoms with Gasteiger partial charge in [-0.05, 0) is 47.7 Å². The molecule has 45 heavy (non-hydrogen) atoms. The molecule has 3 aliphatic heterocycles. The lowest BCUT2D eigenvalue weighted by molar-refractivity contribution is -0.147. The van der Waals surface area contributed by atoms with Crippen LogP contribution in [0.4, 0.5) is 5.69 Å². The first kappa shape index (κ1) is 30.7. The Bertz CT molecular complexity index is 1610. The zero-order valence-corrected chi connectivity index (χ0v) is 25.8. The molecule has 3 heterocycles. The van der Waals surface area contributed by atoms with E-state index < -0.39 is 35.6 Å². The second-order valence-electron chi connectivity index (χ2n) is 12.3. The van der Waals surface area contributed by atoms with Gasteiger partial charge in [0.2, 0.25) is 11.8 Å². The van der Waals surface area contributed by atoms with Crippen molar-refractivity contribution < 1.29 is 24.2 Å². The van der Waals surface area contributed by atoms with Gasteiger partial charge in [0.15, 0.2) is 0 Å². The van der Waals surface area contributed by atoms with Gasteiger partial charge in [-0.3, -0.25) is 14.4 Å². The zero-order valence-electron chi connectivity index (χ0n) is 25.8. The zero-order chi connectivity index (χ0) is 31.7. The number of rotatable bonds is 12. The molecule has 1 N–H and O–H groups in total. The van der Waals surface area contributed by atoms with Gasteiger partial charge in [0.05, 0.1) is 30.6 Å². The van der Waals surface area contributed by atoms with Crippen molar-refractivity contribution in [3.8, 4) is 0 Å². The smallest absolute Gasteiger partial charge is 0.253 e. The number of likely N-dealkylation sites (tertiary alicyclic amines) is 1. The van der Waals surface area contributed by atoms with Crippen molar-refractivity contribution in [2.45, 2.75) is 50.0 Å². The van der Waals surface area contributed by atoms with Gasteiger partial charge in [-0.15, -0.1) is 13.2 Å². The number of fused-ring (bicyclic) bond motifs is 2. The predicted molar refractivity (Wildman–Crippen MR) is 174 cm³/mol. The van der Waals surface area contributed by atoms with Crippen LogP contribution in [-0.2, 0) is 19.1 Å². The third kappa shape index (κ3) is 5.06. The van der Waals surface area contributed by atoms with E-state index in [1.165, 1.54) is 4.90 Å². The molecule has 234 valence electrons. The highest BCUT2D eigenvalue weighted by atomic mass is 16.5. The number of aliphatic hydroxyl groups is 1. The Balaban J connectivity index is 1.47. The molecule has 2 bridgehead atoms. The minimum atomic E-state index is -1.20. The molecule has 3 saturated heterocycles. The van der Waals surface area contributed by atoms with Gasteiger partial charge in [0.25, 0.3) is 5.91 Å². The van der Waals surface area contributed by atoms with E-state index in [0.29, 0.717) is 37.2 Å². The molecule has 0 aromatic heterocycles. The van der Waals surface area contributed by atoms with E-state index in [0.717, 1.165) is 17.2 Å². The Morgan fingerprint density at radius 3 is 2.42 bits per heavy atom. The highest BCUT2D eigenvalue weighted by Gasteiger charge is 2.75. The Kier molecular flexibility index (Phi) is 8.62. The molecule has 6 atom stereocenters. The quantitative estimate of drug-likeness (QED) is 0.296. The Morgan fingerprint density at radius 1 is 1.02 bits per heavy atom. The summed E-state index contributed by atoms with van der Waals surface area (Å²) in [5, 5.41) is 12.8. The standard InChI is InChI=1S/C37H41N3O5/c1-4-20-38(21-5-2)34(42)31-30-18-19-37(45-30)32(31)35(43)40(29(24-41)26-13-8-7-9-14-26)33(37)36(44)39(22-6-3)28-17-16-25-12-10-11-15-27(25)23-28/h4,6-17,23,29-33,41H,1,3,5,18-22,24H2,2H3/t29-,30-,31+,32+,33?,37?/m1/s1. The van der Waals surface area contributed by atoms with Crippen LogP contribution in [0.1, 0.15) is 37.8 Å². The molecule has 2 unspecified atom stereocenters. The summed E-state index contributed by atoms with van der Waals surface area (Å²) in [6.07, 6.45) is 4.69. The number of hydrogen-bond acceptors (Lipinski definition) is 5. The number of carbonyl (C=O) groups excluding carboxylic acids is 3. The summed E-state index contributed by atoms with van der Waals surface area (Å²) >= 11 is 0. The summed E-state index contributed by atoms with van der Waals surface area (Å²) < 4.78 is 6.73. The Hall–Kier alpha value is -4.27. The maximum atomic E-state index is 15.0. The molecule has 0 radical (unpaired) electrons. The van der Waals surface area contributed by atoms with Crippen molar-refractivity contribution in [2.75, 3.05) is 31.1 Å². The van der Waals surface area contributed by atoms with Crippen LogP contribution in [0.3, 0.4) is 0 Å². The first-order chi connectivity index (χ1) is 21.9. The number of nitrogens with zero attached hydrogens (tertiary/aromatic N) is 3. The number of hydrogen-bond donors (Lipinski definition) is 1. The van der Waals surface area contributed by atoms with Gasteiger partial charge < -0.3 is 24.5 Å². The van der Waals surface area contributed by atoms with Gasteiger partial charge in [-0.1, -0.05) is 79.7 Å². The molecule has 8 nitrogen and oxygen atoms in total. The second-order valence-corrected chi connectivity index (χ2v) is 12.3. The number of carbonyl (C=O) groups is 3. The molecule has 3 amide bonds. The summed E-state index contributed by atoms with van der Waals surface area (Å²) in [6, 6.07) is 21.2. The maximum absolute atomic E-state index is 15.0. The Labute approximate surface area is 264 Å². The molecule has 0 saturated carbocycles. The van der Waals surface area contributed by atoms with Crippen molar-refractivity contribution in [3.05, 3.63) is 104 Å². The van der Waals surface area contributed by atoms with Crippen LogP contribution < -0.4 is 4.90 Å². The fraction of sp³-hybridized carbons (Fsp3) is 0.378. The first-order valence-corrected chi connectivity index (χ1v) is 15.9. The van der Waals surface area contributed by atoms with Crippen LogP contribution in [0.5, 0.6) is 0 Å². The molecule has 6 rings (SSSR count). The molecule has 3 aromatic carbocycles. The van der Waals surface area contributed by atoms with E-state index in [1.807, 2.05) is 79.7 Å². The van der Waals surface area contributed by atoms with Gasteiger partial charge in [0.1, 0.15) is 11.6 Å². The summed E-state index contributed by atoms with van der Waals surface area (Å²) in [6.45, 7) is 10.5. The van der Waals surface area contributed by atoms with Crippen LogP contribution in [0.2, 0.25) is 0 Å². The third-order valence-electron chi connectivity index (χ3n) is 9.73. The molecule has 8 heteroatoms. The van der Waals surface area contributed by atoms with E-state index in [-0.39, 0.29) is 30.9 Å². The number of amides is 3. The lowest BCUT2D eigenvalue weighted by atomic mass is 9.70. The largest absolute Gasteiger partial charge is 0.394 e. The summed E-state index contributed by atoms with van der Waals surface area (Å²) in [4.78, 5) is 48.8. The fourth-order valence-electron chi connectivity index (χ4n) is 7.89. The normalized spacial score (nSPS) is 25.6. The molecule has 3 fully saturated rings. The third-order valence-corrected chi connectivity index (χ3v) is 9.73. The van der Waals surface area contributed by atoms with Crippen LogP contribution in [0.15, 0.2) is 98.1 Å². The molecule has 0 aliphatic carbocycles. The molecule has 1 spiro atoms. The van der Waals surface area contributed by atoms with Gasteiger partial charge >= 0.3 is 0 Å². The van der Waals surface area contributed by atoms with Crippen molar-refractivity contribution in [1.82, 2.24) is 9.80 Å². The monoisotopic (exact) mass is 607 g/mol. The van der Waals surface area contributed by atoms with Crippen molar-refractivity contribution in [1.29, 1.82) is 0 Å².